The van der Waals surface area contributed by atoms with E-state index in [0.29, 0.717) is 0 Å². The molecule has 0 N–H and O–H groups in total. The molecule has 59 heavy (non-hydrogen) atoms. The van der Waals surface area contributed by atoms with E-state index in [1.54, 1.807) is 0 Å². The van der Waals surface area contributed by atoms with Crippen molar-refractivity contribution in [2.24, 2.45) is 0 Å². The summed E-state index contributed by atoms with van der Waals surface area (Å²) in [6, 6.07) is 65.9. The van der Waals surface area contributed by atoms with E-state index in [1.165, 1.54) is 43.6 Å². The molecule has 10 aromatic rings. The van der Waals surface area contributed by atoms with Crippen molar-refractivity contribution in [3.63, 3.8) is 0 Å². The van der Waals surface area contributed by atoms with E-state index in [1.807, 2.05) is 6.08 Å². The number of furan rings is 1. The van der Waals surface area contributed by atoms with Gasteiger partial charge >= 0.3 is 0 Å². The summed E-state index contributed by atoms with van der Waals surface area (Å²) in [4.78, 5) is 2.47. The minimum atomic E-state index is -0.225. The quantitative estimate of drug-likeness (QED) is 0.168. The van der Waals surface area contributed by atoms with Crippen molar-refractivity contribution in [2.75, 3.05) is 4.90 Å². The van der Waals surface area contributed by atoms with E-state index in [-0.39, 0.29) is 5.41 Å². The summed E-state index contributed by atoms with van der Waals surface area (Å²) in [5.74, 6) is 0. The molecule has 1 aromatic heterocycles. The highest BCUT2D eigenvalue weighted by Gasteiger charge is 2.39. The van der Waals surface area contributed by atoms with E-state index in [4.69, 9.17) is 4.42 Å². The van der Waals surface area contributed by atoms with Crippen molar-refractivity contribution in [2.45, 2.75) is 19.3 Å². The molecule has 0 aliphatic heterocycles. The number of rotatable bonds is 6. The molecule has 2 heteroatoms. The van der Waals surface area contributed by atoms with Gasteiger partial charge in [-0.15, -0.1) is 0 Å². The lowest BCUT2D eigenvalue weighted by atomic mass is 9.81. The molecule has 1 aliphatic carbocycles. The Labute approximate surface area is 343 Å². The third-order valence-electron chi connectivity index (χ3n) is 12.4. The number of hydrogen-bond donors (Lipinski definition) is 0. The molecule has 0 unspecified atom stereocenters. The molecule has 11 rings (SSSR count). The molecule has 2 nitrogen and oxygen atoms in total. The standard InChI is InChI=1S/C57H41NO/c1-4-15-42-40(31-30-38-16-5-7-18-43(38)42)36-37-28-33-41(34-29-37)58(53-27-14-22-47-45-20-9-11-25-51(45)57(2,3)54(47)53)52-26-12-10-21-46(52)48-23-13-24-49-50-35-32-39-17-6-8-19-44(39)55(50)59-56(48)49/h4-36H,1H2,2-3H3/b40-36+,42-15+. The number of benzene rings is 9. The molecule has 280 valence electrons. The van der Waals surface area contributed by atoms with Gasteiger partial charge in [-0.3, -0.25) is 0 Å². The molecule has 0 bridgehead atoms. The van der Waals surface area contributed by atoms with Crippen LogP contribution in [0, 0.1) is 0 Å². The minimum Gasteiger partial charge on any atom is -0.455 e. The van der Waals surface area contributed by atoms with E-state index in [2.05, 4.69) is 219 Å². The zero-order valence-electron chi connectivity index (χ0n) is 33.1. The maximum atomic E-state index is 6.94. The molecule has 0 saturated carbocycles. The van der Waals surface area contributed by atoms with Crippen LogP contribution < -0.4 is 15.3 Å². The summed E-state index contributed by atoms with van der Waals surface area (Å²) in [7, 11) is 0. The van der Waals surface area contributed by atoms with Gasteiger partial charge in [0, 0.05) is 38.4 Å². The lowest BCUT2D eigenvalue weighted by Crippen LogP contribution is -2.25. The number of anilines is 3. The Morgan fingerprint density at radius 3 is 1.93 bits per heavy atom. The van der Waals surface area contributed by atoms with Crippen molar-refractivity contribution in [1.82, 2.24) is 0 Å². The Morgan fingerprint density at radius 2 is 1.10 bits per heavy atom. The zero-order valence-corrected chi connectivity index (χ0v) is 33.1. The number of fused-ring (bicyclic) bond motifs is 9. The van der Waals surface area contributed by atoms with Crippen LogP contribution in [-0.2, 0) is 5.41 Å². The minimum absolute atomic E-state index is 0.225. The normalized spacial score (nSPS) is 13.7. The Hall–Kier alpha value is -7.42. The summed E-state index contributed by atoms with van der Waals surface area (Å²) in [6.45, 7) is 8.77. The summed E-state index contributed by atoms with van der Waals surface area (Å²) < 4.78 is 6.94. The molecule has 1 heterocycles. The number of nitrogens with zero attached hydrogens (tertiary/aromatic N) is 1. The van der Waals surface area contributed by atoms with Crippen LogP contribution in [0.4, 0.5) is 17.1 Å². The fraction of sp³-hybridized carbons (Fsp3) is 0.0526. The van der Waals surface area contributed by atoms with Crippen LogP contribution in [0.1, 0.15) is 30.5 Å². The van der Waals surface area contributed by atoms with Crippen LogP contribution in [0.15, 0.2) is 199 Å². The van der Waals surface area contributed by atoms with Crippen LogP contribution >= 0.6 is 0 Å². The predicted octanol–water partition coefficient (Wildman–Crippen LogP) is 14.1. The van der Waals surface area contributed by atoms with Gasteiger partial charge in [-0.25, -0.2) is 0 Å². The lowest BCUT2D eigenvalue weighted by Gasteiger charge is -2.33. The molecule has 0 atom stereocenters. The second-order valence-corrected chi connectivity index (χ2v) is 16.1. The van der Waals surface area contributed by atoms with Crippen LogP contribution in [0.5, 0.6) is 0 Å². The van der Waals surface area contributed by atoms with Gasteiger partial charge in [0.1, 0.15) is 11.2 Å². The third-order valence-corrected chi connectivity index (χ3v) is 12.4. The second-order valence-electron chi connectivity index (χ2n) is 16.1. The van der Waals surface area contributed by atoms with Crippen LogP contribution in [0.2, 0.25) is 0 Å². The monoisotopic (exact) mass is 755 g/mol. The molecule has 0 radical (unpaired) electrons. The summed E-state index contributed by atoms with van der Waals surface area (Å²) in [5, 5.41) is 9.30. The summed E-state index contributed by atoms with van der Waals surface area (Å²) >= 11 is 0. The molecule has 0 spiro atoms. The molecular formula is C57H41NO. The van der Waals surface area contributed by atoms with Crippen LogP contribution in [0.25, 0.3) is 77.9 Å². The van der Waals surface area contributed by atoms with Crippen LogP contribution in [0.3, 0.4) is 0 Å². The second kappa shape index (κ2) is 13.6. The predicted molar refractivity (Wildman–Crippen MR) is 250 cm³/mol. The maximum absolute atomic E-state index is 6.94. The zero-order chi connectivity index (χ0) is 39.7. The Bertz CT molecular complexity index is 3440. The van der Waals surface area contributed by atoms with Crippen molar-refractivity contribution in [1.29, 1.82) is 0 Å². The van der Waals surface area contributed by atoms with E-state index < -0.39 is 0 Å². The van der Waals surface area contributed by atoms with Gasteiger partial charge in [0.25, 0.3) is 0 Å². The van der Waals surface area contributed by atoms with E-state index in [9.17, 15) is 0 Å². The number of para-hydroxylation sites is 2. The topological polar surface area (TPSA) is 16.4 Å². The smallest absolute Gasteiger partial charge is 0.143 e. The van der Waals surface area contributed by atoms with Crippen molar-refractivity contribution >= 4 is 72.7 Å². The van der Waals surface area contributed by atoms with Gasteiger partial charge < -0.3 is 9.32 Å². The molecule has 0 fully saturated rings. The molecule has 0 saturated heterocycles. The maximum Gasteiger partial charge on any atom is 0.143 e. The van der Waals surface area contributed by atoms with Gasteiger partial charge in [-0.1, -0.05) is 184 Å². The molecule has 1 aliphatic rings. The largest absolute Gasteiger partial charge is 0.455 e. The van der Waals surface area contributed by atoms with Gasteiger partial charge in [0.15, 0.2) is 0 Å². The Morgan fingerprint density at radius 1 is 0.492 bits per heavy atom. The van der Waals surface area contributed by atoms with Gasteiger partial charge in [-0.05, 0) is 90.8 Å². The average molecular weight is 756 g/mol. The summed E-state index contributed by atoms with van der Waals surface area (Å²) in [6.07, 6.45) is 6.27. The van der Waals surface area contributed by atoms with E-state index >= 15 is 0 Å². The summed E-state index contributed by atoms with van der Waals surface area (Å²) in [5.41, 5.74) is 13.5. The van der Waals surface area contributed by atoms with Gasteiger partial charge in [0.2, 0.25) is 0 Å². The Kier molecular flexibility index (Phi) is 8.03. The first-order valence-corrected chi connectivity index (χ1v) is 20.4. The first-order chi connectivity index (χ1) is 29.0. The van der Waals surface area contributed by atoms with Crippen molar-refractivity contribution in [3.05, 3.63) is 222 Å². The molecule has 0 amide bonds. The SMILES string of the molecule is C=C/C=c1\c(=C\c2ccc(N(c3ccccc3-c3cccc4c3oc3c5ccccc5ccc43)c3cccc4c3C(C)(C)c3ccccc3-4)cc2)ccc2ccccc12. The number of hydrogen-bond acceptors (Lipinski definition) is 2. The third kappa shape index (κ3) is 5.48. The lowest BCUT2D eigenvalue weighted by molar-refractivity contribution is 0.661. The van der Waals surface area contributed by atoms with Crippen molar-refractivity contribution < 1.29 is 4.42 Å². The molecular weight excluding hydrogens is 715 g/mol. The van der Waals surface area contributed by atoms with E-state index in [0.717, 1.165) is 66.3 Å². The number of allylic oxidation sites excluding steroid dienone is 1. The average Bonchev–Trinajstić information content (AvgIpc) is 3.78. The fourth-order valence-corrected chi connectivity index (χ4v) is 9.69. The fourth-order valence-electron chi connectivity index (χ4n) is 9.69. The van der Waals surface area contributed by atoms with Gasteiger partial charge in [0.05, 0.1) is 11.4 Å². The van der Waals surface area contributed by atoms with Gasteiger partial charge in [-0.2, -0.15) is 0 Å². The van der Waals surface area contributed by atoms with Crippen molar-refractivity contribution in [3.8, 4) is 22.3 Å². The Balaban J connectivity index is 1.13. The first-order valence-electron chi connectivity index (χ1n) is 20.4. The highest BCUT2D eigenvalue weighted by molar-refractivity contribution is 6.17. The highest BCUT2D eigenvalue weighted by atomic mass is 16.3. The van der Waals surface area contributed by atoms with Crippen LogP contribution in [-0.4, -0.2) is 0 Å². The highest BCUT2D eigenvalue weighted by Crippen LogP contribution is 2.55. The molecule has 9 aromatic carbocycles. The first kappa shape index (κ1) is 34.8.